The van der Waals surface area contributed by atoms with Crippen LogP contribution in [0, 0.1) is 11.3 Å². The van der Waals surface area contributed by atoms with Gasteiger partial charge in [0, 0.05) is 6.04 Å². The molecule has 9 heteroatoms. The van der Waals surface area contributed by atoms with Crippen molar-refractivity contribution in [3.63, 3.8) is 0 Å². The van der Waals surface area contributed by atoms with E-state index in [4.69, 9.17) is 16.9 Å². The van der Waals surface area contributed by atoms with Crippen LogP contribution in [-0.4, -0.2) is 29.2 Å². The lowest BCUT2D eigenvalue weighted by atomic mass is 10.2. The lowest BCUT2D eigenvalue weighted by molar-refractivity contribution is 0.493. The van der Waals surface area contributed by atoms with E-state index >= 15 is 0 Å². The molecule has 1 N–H and O–H groups in total. The zero-order valence-corrected chi connectivity index (χ0v) is 12.6. The Morgan fingerprint density at radius 3 is 2.86 bits per heavy atom. The van der Waals surface area contributed by atoms with Gasteiger partial charge in [0.1, 0.15) is 17.6 Å². The molecule has 1 aromatic carbocycles. The van der Waals surface area contributed by atoms with Crippen LogP contribution in [-0.2, 0) is 16.6 Å². The quantitative estimate of drug-likeness (QED) is 0.889. The van der Waals surface area contributed by atoms with Gasteiger partial charge < -0.3 is 0 Å². The molecule has 0 saturated carbocycles. The monoisotopic (exact) mass is 325 g/mol. The van der Waals surface area contributed by atoms with E-state index in [2.05, 4.69) is 14.8 Å². The smallest absolute Gasteiger partial charge is 0.242 e. The number of benzene rings is 1. The molecule has 0 fully saturated rings. The summed E-state index contributed by atoms with van der Waals surface area (Å²) in [4.78, 5) is 3.72. The summed E-state index contributed by atoms with van der Waals surface area (Å²) in [7, 11) is -3.77. The molecule has 0 aliphatic carbocycles. The van der Waals surface area contributed by atoms with Crippen molar-refractivity contribution < 1.29 is 8.42 Å². The minimum absolute atomic E-state index is 0.00880. The van der Waals surface area contributed by atoms with Crippen LogP contribution >= 0.6 is 11.6 Å². The summed E-state index contributed by atoms with van der Waals surface area (Å²) in [5, 5.41) is 12.7. The summed E-state index contributed by atoms with van der Waals surface area (Å²) in [6, 6.07) is 5.53. The van der Waals surface area contributed by atoms with E-state index < -0.39 is 16.1 Å². The van der Waals surface area contributed by atoms with Crippen molar-refractivity contribution in [3.05, 3.63) is 41.4 Å². The number of nitriles is 1. The minimum Gasteiger partial charge on any atom is -0.251 e. The van der Waals surface area contributed by atoms with E-state index in [1.54, 1.807) is 6.92 Å². The molecule has 1 unspecified atom stereocenters. The molecule has 2 rings (SSSR count). The molecule has 0 aliphatic rings. The summed E-state index contributed by atoms with van der Waals surface area (Å²) in [6.45, 7) is 2.05. The zero-order chi connectivity index (χ0) is 15.5. The van der Waals surface area contributed by atoms with E-state index in [0.717, 1.165) is 0 Å². The highest BCUT2D eigenvalue weighted by atomic mass is 35.5. The standard InChI is InChI=1S/C12H12ClN5O2S/c1-9(6-18-8-15-7-16-18)17-21(19,20)12-3-2-10(5-14)4-11(12)13/h2-4,7-9,17H,6H2,1H3. The van der Waals surface area contributed by atoms with E-state index in [1.165, 1.54) is 35.5 Å². The summed E-state index contributed by atoms with van der Waals surface area (Å²) < 4.78 is 28.6. The van der Waals surface area contributed by atoms with E-state index in [9.17, 15) is 8.42 Å². The van der Waals surface area contributed by atoms with Gasteiger partial charge in [-0.15, -0.1) is 0 Å². The van der Waals surface area contributed by atoms with Crippen molar-refractivity contribution in [1.82, 2.24) is 19.5 Å². The maximum Gasteiger partial charge on any atom is 0.242 e. The minimum atomic E-state index is -3.77. The first-order chi connectivity index (χ1) is 9.92. The molecule has 0 radical (unpaired) electrons. The first-order valence-electron chi connectivity index (χ1n) is 5.97. The van der Waals surface area contributed by atoms with E-state index in [1.807, 2.05) is 6.07 Å². The SMILES string of the molecule is CC(Cn1cncn1)NS(=O)(=O)c1ccc(C#N)cc1Cl. The zero-order valence-electron chi connectivity index (χ0n) is 11.1. The summed E-state index contributed by atoms with van der Waals surface area (Å²) in [5.41, 5.74) is 0.301. The molecule has 7 nitrogen and oxygen atoms in total. The summed E-state index contributed by atoms with van der Waals surface area (Å²) >= 11 is 5.92. The van der Waals surface area contributed by atoms with Gasteiger partial charge in [-0.1, -0.05) is 11.6 Å². The van der Waals surface area contributed by atoms with Gasteiger partial charge in [-0.05, 0) is 25.1 Å². The topological polar surface area (TPSA) is 101 Å². The summed E-state index contributed by atoms with van der Waals surface area (Å²) in [5.74, 6) is 0. The van der Waals surface area contributed by atoms with Crippen LogP contribution in [0.4, 0.5) is 0 Å². The maximum absolute atomic E-state index is 12.3. The molecule has 21 heavy (non-hydrogen) atoms. The van der Waals surface area contributed by atoms with Gasteiger partial charge in [-0.3, -0.25) is 4.68 Å². The van der Waals surface area contributed by atoms with Crippen molar-refractivity contribution in [2.45, 2.75) is 24.4 Å². The molecule has 0 saturated heterocycles. The van der Waals surface area contributed by atoms with Gasteiger partial charge in [0.2, 0.25) is 10.0 Å². The van der Waals surface area contributed by atoms with Crippen LogP contribution < -0.4 is 4.72 Å². The van der Waals surface area contributed by atoms with Crippen molar-refractivity contribution in [2.24, 2.45) is 0 Å². The summed E-state index contributed by atoms with van der Waals surface area (Å²) in [6.07, 6.45) is 2.87. The normalized spacial score (nSPS) is 12.8. The average Bonchev–Trinajstić information content (AvgIpc) is 2.90. The first kappa shape index (κ1) is 15.4. The Bertz CT molecular complexity index is 767. The van der Waals surface area contributed by atoms with Crippen LogP contribution in [0.25, 0.3) is 0 Å². The second kappa shape index (κ2) is 6.22. The Kier molecular flexibility index (Phi) is 4.57. The van der Waals surface area contributed by atoms with Crippen molar-refractivity contribution in [3.8, 4) is 6.07 Å². The van der Waals surface area contributed by atoms with Crippen molar-refractivity contribution in [1.29, 1.82) is 5.26 Å². The van der Waals surface area contributed by atoms with Gasteiger partial charge >= 0.3 is 0 Å². The number of aromatic nitrogens is 3. The fraction of sp³-hybridized carbons (Fsp3) is 0.250. The number of rotatable bonds is 5. The number of nitrogens with one attached hydrogen (secondary N) is 1. The Morgan fingerprint density at radius 1 is 1.52 bits per heavy atom. The molecule has 1 atom stereocenters. The Morgan fingerprint density at radius 2 is 2.29 bits per heavy atom. The number of halogens is 1. The van der Waals surface area contributed by atoms with Crippen LogP contribution in [0.3, 0.4) is 0 Å². The Hall–Kier alpha value is -1.95. The first-order valence-corrected chi connectivity index (χ1v) is 7.83. The molecule has 2 aromatic rings. The molecule has 0 aliphatic heterocycles. The number of hydrogen-bond donors (Lipinski definition) is 1. The highest BCUT2D eigenvalue weighted by Crippen LogP contribution is 2.22. The van der Waals surface area contributed by atoms with E-state index in [-0.39, 0.29) is 9.92 Å². The average molecular weight is 326 g/mol. The third-order valence-corrected chi connectivity index (χ3v) is 4.71. The van der Waals surface area contributed by atoms with Crippen LogP contribution in [0.2, 0.25) is 5.02 Å². The predicted molar refractivity (Wildman–Crippen MR) is 76.0 cm³/mol. The molecule has 1 heterocycles. The molecular weight excluding hydrogens is 314 g/mol. The second-order valence-corrected chi connectivity index (χ2v) is 6.49. The third-order valence-electron chi connectivity index (χ3n) is 2.63. The molecule has 0 amide bonds. The molecule has 0 bridgehead atoms. The highest BCUT2D eigenvalue weighted by molar-refractivity contribution is 7.89. The van der Waals surface area contributed by atoms with Crippen molar-refractivity contribution in [2.75, 3.05) is 0 Å². The third kappa shape index (κ3) is 3.78. The van der Waals surface area contributed by atoms with Crippen LogP contribution in [0.15, 0.2) is 35.7 Å². The number of sulfonamides is 1. The van der Waals surface area contributed by atoms with Gasteiger partial charge in [-0.2, -0.15) is 10.4 Å². The van der Waals surface area contributed by atoms with Gasteiger partial charge in [0.05, 0.1) is 23.2 Å². The fourth-order valence-electron chi connectivity index (χ4n) is 1.76. The Labute approximate surface area is 127 Å². The number of hydrogen-bond acceptors (Lipinski definition) is 5. The van der Waals surface area contributed by atoms with E-state index in [0.29, 0.717) is 12.1 Å². The van der Waals surface area contributed by atoms with Gasteiger partial charge in [-0.25, -0.2) is 18.1 Å². The Balaban J connectivity index is 2.16. The van der Waals surface area contributed by atoms with Gasteiger partial charge in [0.15, 0.2) is 0 Å². The largest absolute Gasteiger partial charge is 0.251 e. The molecule has 110 valence electrons. The van der Waals surface area contributed by atoms with Crippen LogP contribution in [0.1, 0.15) is 12.5 Å². The lowest BCUT2D eigenvalue weighted by Gasteiger charge is -2.14. The fourth-order valence-corrected chi connectivity index (χ4v) is 3.54. The lowest BCUT2D eigenvalue weighted by Crippen LogP contribution is -2.35. The van der Waals surface area contributed by atoms with Crippen LogP contribution in [0.5, 0.6) is 0 Å². The number of nitrogens with zero attached hydrogens (tertiary/aromatic N) is 4. The maximum atomic E-state index is 12.3. The molecule has 0 spiro atoms. The predicted octanol–water partition coefficient (Wildman–Crippen LogP) is 1.17. The second-order valence-electron chi connectivity index (χ2n) is 4.40. The van der Waals surface area contributed by atoms with Crippen molar-refractivity contribution >= 4 is 21.6 Å². The van der Waals surface area contributed by atoms with Gasteiger partial charge in [0.25, 0.3) is 0 Å². The molecular formula is C12H12ClN5O2S. The highest BCUT2D eigenvalue weighted by Gasteiger charge is 2.21. The molecule has 1 aromatic heterocycles.